The average Bonchev–Trinajstić information content (AvgIpc) is 2.66. The number of fused-ring (bicyclic) bond motifs is 1. The second-order valence-corrected chi connectivity index (χ2v) is 6.33. The zero-order valence-electron chi connectivity index (χ0n) is 9.81. The Balaban J connectivity index is 2.03. The van der Waals surface area contributed by atoms with Crippen molar-refractivity contribution in [2.75, 3.05) is 23.0 Å². The third-order valence-corrected chi connectivity index (χ3v) is 4.80. The molecule has 0 N–H and O–H groups in total. The molecular formula is C12H10Cl2N2O2S. The van der Waals surface area contributed by atoms with E-state index in [0.717, 1.165) is 10.7 Å². The summed E-state index contributed by atoms with van der Waals surface area (Å²) < 4.78 is 0. The number of benzene rings is 1. The molecule has 0 radical (unpaired) electrons. The molecule has 2 saturated heterocycles. The first-order valence-electron chi connectivity index (χ1n) is 5.77. The van der Waals surface area contributed by atoms with Crippen LogP contribution in [0.5, 0.6) is 0 Å². The number of nitrogens with zero attached hydrogens (tertiary/aromatic N) is 2. The zero-order valence-corrected chi connectivity index (χ0v) is 12.1. The van der Waals surface area contributed by atoms with Crippen LogP contribution in [0, 0.1) is 0 Å². The molecule has 4 nitrogen and oxygen atoms in total. The Morgan fingerprint density at radius 2 is 2.05 bits per heavy atom. The summed E-state index contributed by atoms with van der Waals surface area (Å²) in [7, 11) is 0. The summed E-state index contributed by atoms with van der Waals surface area (Å²) in [4.78, 5) is 27.4. The van der Waals surface area contributed by atoms with Gasteiger partial charge >= 0.3 is 6.03 Å². The van der Waals surface area contributed by atoms with Gasteiger partial charge in [0.1, 0.15) is 6.04 Å². The van der Waals surface area contributed by atoms with Gasteiger partial charge in [0.05, 0.1) is 10.7 Å². The Morgan fingerprint density at radius 3 is 2.79 bits per heavy atom. The fourth-order valence-electron chi connectivity index (χ4n) is 2.29. The zero-order chi connectivity index (χ0) is 13.6. The molecule has 100 valence electrons. The van der Waals surface area contributed by atoms with Gasteiger partial charge in [-0.2, -0.15) is 11.8 Å². The lowest BCUT2D eigenvalue weighted by Gasteiger charge is -2.25. The molecule has 0 spiro atoms. The van der Waals surface area contributed by atoms with Crippen LogP contribution in [0.2, 0.25) is 10.0 Å². The maximum Gasteiger partial charge on any atom is 0.332 e. The van der Waals surface area contributed by atoms with E-state index in [0.29, 0.717) is 28.0 Å². The Bertz CT molecular complexity index is 543. The molecule has 1 aromatic rings. The molecule has 19 heavy (non-hydrogen) atoms. The Labute approximate surface area is 124 Å². The van der Waals surface area contributed by atoms with E-state index in [1.165, 1.54) is 0 Å². The van der Waals surface area contributed by atoms with Crippen LogP contribution in [0.15, 0.2) is 18.2 Å². The maximum atomic E-state index is 12.4. The molecule has 1 aromatic carbocycles. The highest BCUT2D eigenvalue weighted by Gasteiger charge is 2.47. The summed E-state index contributed by atoms with van der Waals surface area (Å²) in [6.45, 7) is 0.592. The van der Waals surface area contributed by atoms with Crippen molar-refractivity contribution in [1.82, 2.24) is 4.90 Å². The highest BCUT2D eigenvalue weighted by molar-refractivity contribution is 7.99. The third kappa shape index (κ3) is 2.10. The van der Waals surface area contributed by atoms with Gasteiger partial charge in [-0.15, -0.1) is 0 Å². The Kier molecular flexibility index (Phi) is 3.37. The Morgan fingerprint density at radius 1 is 1.26 bits per heavy atom. The van der Waals surface area contributed by atoms with Crippen molar-refractivity contribution < 1.29 is 9.59 Å². The molecule has 2 aliphatic rings. The molecule has 0 aromatic heterocycles. The van der Waals surface area contributed by atoms with E-state index in [1.807, 2.05) is 0 Å². The predicted molar refractivity (Wildman–Crippen MR) is 77.2 cm³/mol. The maximum absolute atomic E-state index is 12.4. The minimum atomic E-state index is -0.374. The molecule has 2 aliphatic heterocycles. The van der Waals surface area contributed by atoms with E-state index in [4.69, 9.17) is 23.2 Å². The second kappa shape index (κ2) is 4.89. The fourth-order valence-corrected chi connectivity index (χ4v) is 3.69. The summed E-state index contributed by atoms with van der Waals surface area (Å²) >= 11 is 13.7. The molecule has 0 bridgehead atoms. The van der Waals surface area contributed by atoms with Gasteiger partial charge in [0.2, 0.25) is 0 Å². The molecule has 1 atom stereocenters. The SMILES string of the molecule is O=C1C2CSCCN2C(=O)N1c1cc(Cl)ccc1Cl. The minimum Gasteiger partial charge on any atom is -0.310 e. The summed E-state index contributed by atoms with van der Waals surface area (Å²) in [5.41, 5.74) is 0.364. The van der Waals surface area contributed by atoms with Crippen LogP contribution in [0.4, 0.5) is 10.5 Å². The molecule has 7 heteroatoms. The summed E-state index contributed by atoms with van der Waals surface area (Å²) in [6, 6.07) is 4.08. The van der Waals surface area contributed by atoms with Crippen LogP contribution in [0.25, 0.3) is 0 Å². The number of amides is 3. The van der Waals surface area contributed by atoms with Gasteiger partial charge in [0.25, 0.3) is 5.91 Å². The highest BCUT2D eigenvalue weighted by Crippen LogP contribution is 2.35. The van der Waals surface area contributed by atoms with Gasteiger partial charge in [-0.25, -0.2) is 9.69 Å². The normalized spacial score (nSPS) is 22.9. The lowest BCUT2D eigenvalue weighted by molar-refractivity contribution is -0.119. The first kappa shape index (κ1) is 13.1. The molecule has 1 unspecified atom stereocenters. The molecule has 0 saturated carbocycles. The molecule has 2 heterocycles. The lowest BCUT2D eigenvalue weighted by atomic mass is 10.2. The molecule has 3 rings (SSSR count). The van der Waals surface area contributed by atoms with Crippen molar-refractivity contribution in [3.63, 3.8) is 0 Å². The minimum absolute atomic E-state index is 0.221. The van der Waals surface area contributed by atoms with Gasteiger partial charge in [-0.05, 0) is 18.2 Å². The van der Waals surface area contributed by atoms with E-state index >= 15 is 0 Å². The smallest absolute Gasteiger partial charge is 0.310 e. The summed E-state index contributed by atoms with van der Waals surface area (Å²) in [5.74, 6) is 1.27. The number of hydrogen-bond donors (Lipinski definition) is 0. The topological polar surface area (TPSA) is 40.6 Å². The number of halogens is 2. The van der Waals surface area contributed by atoms with Gasteiger partial charge in [-0.3, -0.25) is 4.79 Å². The van der Waals surface area contributed by atoms with Crippen LogP contribution in [0.3, 0.4) is 0 Å². The number of carbonyl (C=O) groups excluding carboxylic acids is 2. The van der Waals surface area contributed by atoms with Crippen LogP contribution in [-0.2, 0) is 4.79 Å². The first-order chi connectivity index (χ1) is 9.09. The number of thioether (sulfide) groups is 1. The molecule has 0 aliphatic carbocycles. The largest absolute Gasteiger partial charge is 0.332 e. The van der Waals surface area contributed by atoms with Crippen molar-refractivity contribution in [1.29, 1.82) is 0 Å². The predicted octanol–water partition coefficient (Wildman–Crippen LogP) is 2.88. The Hall–Kier alpha value is -0.910. The fraction of sp³-hybridized carbons (Fsp3) is 0.333. The number of rotatable bonds is 1. The van der Waals surface area contributed by atoms with Crippen LogP contribution in [-0.4, -0.2) is 40.9 Å². The number of hydrogen-bond acceptors (Lipinski definition) is 3. The first-order valence-corrected chi connectivity index (χ1v) is 7.68. The number of anilines is 1. The standard InChI is InChI=1S/C12H10Cl2N2O2S/c13-7-1-2-8(14)9(5-7)16-11(17)10-6-19-4-3-15(10)12(16)18/h1-2,5,10H,3-4,6H2. The van der Waals surface area contributed by atoms with Gasteiger partial charge in [0.15, 0.2) is 0 Å². The lowest BCUT2D eigenvalue weighted by Crippen LogP contribution is -2.41. The van der Waals surface area contributed by atoms with Crippen molar-refractivity contribution in [2.45, 2.75) is 6.04 Å². The van der Waals surface area contributed by atoms with Gasteiger partial charge in [-0.1, -0.05) is 23.2 Å². The van der Waals surface area contributed by atoms with Crippen LogP contribution in [0.1, 0.15) is 0 Å². The number of carbonyl (C=O) groups is 2. The van der Waals surface area contributed by atoms with Crippen molar-refractivity contribution in [2.24, 2.45) is 0 Å². The highest BCUT2D eigenvalue weighted by atomic mass is 35.5. The summed E-state index contributed by atoms with van der Waals surface area (Å²) in [6.07, 6.45) is 0. The van der Waals surface area contributed by atoms with E-state index in [9.17, 15) is 9.59 Å². The molecular weight excluding hydrogens is 307 g/mol. The van der Waals surface area contributed by atoms with Gasteiger partial charge in [0, 0.05) is 23.1 Å². The molecule has 2 fully saturated rings. The van der Waals surface area contributed by atoms with E-state index in [1.54, 1.807) is 34.9 Å². The quantitative estimate of drug-likeness (QED) is 0.748. The van der Waals surface area contributed by atoms with Crippen molar-refractivity contribution in [3.05, 3.63) is 28.2 Å². The molecule has 3 amide bonds. The summed E-state index contributed by atoms with van der Waals surface area (Å²) in [5, 5.41) is 0.790. The van der Waals surface area contributed by atoms with Crippen LogP contribution >= 0.6 is 35.0 Å². The van der Waals surface area contributed by atoms with E-state index < -0.39 is 0 Å². The van der Waals surface area contributed by atoms with Crippen molar-refractivity contribution >= 4 is 52.6 Å². The average molecular weight is 317 g/mol. The van der Waals surface area contributed by atoms with E-state index in [2.05, 4.69) is 0 Å². The van der Waals surface area contributed by atoms with Crippen LogP contribution < -0.4 is 4.90 Å². The second-order valence-electron chi connectivity index (χ2n) is 4.34. The van der Waals surface area contributed by atoms with E-state index in [-0.39, 0.29) is 18.0 Å². The number of imide groups is 1. The van der Waals surface area contributed by atoms with Crippen molar-refractivity contribution in [3.8, 4) is 0 Å². The van der Waals surface area contributed by atoms with Gasteiger partial charge < -0.3 is 4.90 Å². The monoisotopic (exact) mass is 316 g/mol. The number of urea groups is 1. The third-order valence-electron chi connectivity index (χ3n) is 3.22.